The van der Waals surface area contributed by atoms with Crippen LogP contribution in [-0.2, 0) is 22.7 Å². The lowest BCUT2D eigenvalue weighted by Gasteiger charge is -2.35. The average molecular weight is 495 g/mol. The van der Waals surface area contributed by atoms with Crippen molar-refractivity contribution in [2.45, 2.75) is 13.1 Å². The van der Waals surface area contributed by atoms with Crippen LogP contribution < -0.4 is 9.47 Å². The summed E-state index contributed by atoms with van der Waals surface area (Å²) in [6, 6.07) is 14.5. The molecule has 0 spiro atoms. The maximum absolute atomic E-state index is 9.10. The Morgan fingerprint density at radius 2 is 1.52 bits per heavy atom. The number of methoxy groups -OCH3 is 2. The standard InChI is InChI=1S/C20H25BrN2O2.C2H2O4/c1-24-19-5-3-4-16(12-19)14-22-8-10-23(11-9-22)15-17-13-18(21)6-7-20(17)25-2;3-1(4)2(5)6/h3-7,12-13H,8-11,14-15H2,1-2H3;(H,3,4)(H,5,6). The highest BCUT2D eigenvalue weighted by Crippen LogP contribution is 2.25. The topological polar surface area (TPSA) is 99.5 Å². The molecule has 1 aliphatic rings. The molecule has 0 atom stereocenters. The number of hydrogen-bond donors (Lipinski definition) is 2. The van der Waals surface area contributed by atoms with Crippen molar-refractivity contribution in [1.82, 2.24) is 9.80 Å². The molecule has 8 nitrogen and oxygen atoms in total. The number of ether oxygens (including phenoxy) is 2. The molecule has 0 saturated carbocycles. The highest BCUT2D eigenvalue weighted by atomic mass is 79.9. The number of hydrogen-bond acceptors (Lipinski definition) is 6. The fraction of sp³-hybridized carbons (Fsp3) is 0.364. The lowest BCUT2D eigenvalue weighted by atomic mass is 10.1. The third-order valence-corrected chi connectivity index (χ3v) is 5.32. The maximum atomic E-state index is 9.10. The lowest BCUT2D eigenvalue weighted by molar-refractivity contribution is -0.159. The monoisotopic (exact) mass is 494 g/mol. The van der Waals surface area contributed by atoms with Gasteiger partial charge in [-0.15, -0.1) is 0 Å². The van der Waals surface area contributed by atoms with Gasteiger partial charge >= 0.3 is 11.9 Å². The summed E-state index contributed by atoms with van der Waals surface area (Å²) in [5.74, 6) is -1.76. The van der Waals surface area contributed by atoms with Crippen LogP contribution in [0.5, 0.6) is 11.5 Å². The second kappa shape index (κ2) is 12.3. The normalized spacial score (nSPS) is 14.3. The molecule has 0 unspecified atom stereocenters. The highest BCUT2D eigenvalue weighted by Gasteiger charge is 2.18. The number of halogens is 1. The van der Waals surface area contributed by atoms with Crippen LogP contribution in [0.15, 0.2) is 46.9 Å². The van der Waals surface area contributed by atoms with E-state index in [0.717, 1.165) is 55.2 Å². The Balaban J connectivity index is 0.000000501. The molecule has 31 heavy (non-hydrogen) atoms. The van der Waals surface area contributed by atoms with Gasteiger partial charge in [0.15, 0.2) is 0 Å². The number of aliphatic carboxylic acids is 2. The Morgan fingerprint density at radius 1 is 0.903 bits per heavy atom. The molecule has 2 aromatic rings. The number of benzene rings is 2. The fourth-order valence-corrected chi connectivity index (χ4v) is 3.65. The SMILES string of the molecule is COc1cccc(CN2CCN(Cc3cc(Br)ccc3OC)CC2)c1.O=C(O)C(=O)O. The van der Waals surface area contributed by atoms with Crippen LogP contribution >= 0.6 is 15.9 Å². The Morgan fingerprint density at radius 3 is 2.06 bits per heavy atom. The van der Waals surface area contributed by atoms with Crippen molar-refractivity contribution in [3.8, 4) is 11.5 Å². The molecule has 2 N–H and O–H groups in total. The summed E-state index contributed by atoms with van der Waals surface area (Å²) in [5, 5.41) is 14.8. The summed E-state index contributed by atoms with van der Waals surface area (Å²) < 4.78 is 11.9. The minimum Gasteiger partial charge on any atom is -0.497 e. The molecular formula is C22H27BrN2O6. The second-order valence-electron chi connectivity index (χ2n) is 6.97. The molecule has 9 heteroatoms. The fourth-order valence-electron chi connectivity index (χ4n) is 3.25. The van der Waals surface area contributed by atoms with Gasteiger partial charge in [-0.25, -0.2) is 9.59 Å². The molecule has 0 aromatic heterocycles. The number of carboxylic acid groups (broad SMARTS) is 2. The van der Waals surface area contributed by atoms with Gasteiger partial charge in [0.05, 0.1) is 14.2 Å². The van der Waals surface area contributed by atoms with Crippen LogP contribution in [0.3, 0.4) is 0 Å². The third kappa shape index (κ3) is 8.20. The largest absolute Gasteiger partial charge is 0.497 e. The molecule has 0 bridgehead atoms. The minimum absolute atomic E-state index is 0.926. The van der Waals surface area contributed by atoms with E-state index in [-0.39, 0.29) is 0 Å². The molecule has 1 heterocycles. The average Bonchev–Trinajstić information content (AvgIpc) is 2.76. The van der Waals surface area contributed by atoms with Crippen LogP contribution in [0.4, 0.5) is 0 Å². The molecule has 3 rings (SSSR count). The Bertz CT molecular complexity index is 872. The zero-order valence-corrected chi connectivity index (χ0v) is 19.2. The highest BCUT2D eigenvalue weighted by molar-refractivity contribution is 9.10. The summed E-state index contributed by atoms with van der Waals surface area (Å²) in [6.45, 7) is 6.20. The maximum Gasteiger partial charge on any atom is 0.414 e. The first kappa shape index (κ1) is 24.6. The van der Waals surface area contributed by atoms with Crippen LogP contribution in [0.2, 0.25) is 0 Å². The van der Waals surface area contributed by atoms with Gasteiger partial charge in [0.1, 0.15) is 11.5 Å². The summed E-state index contributed by atoms with van der Waals surface area (Å²) in [5.41, 5.74) is 2.54. The van der Waals surface area contributed by atoms with Gasteiger partial charge in [-0.1, -0.05) is 28.1 Å². The van der Waals surface area contributed by atoms with Gasteiger partial charge in [-0.05, 0) is 35.9 Å². The van der Waals surface area contributed by atoms with E-state index in [4.69, 9.17) is 29.3 Å². The number of piperazine rings is 1. The third-order valence-electron chi connectivity index (χ3n) is 4.82. The van der Waals surface area contributed by atoms with Crippen molar-refractivity contribution in [3.63, 3.8) is 0 Å². The molecule has 1 aliphatic heterocycles. The van der Waals surface area contributed by atoms with E-state index in [9.17, 15) is 0 Å². The number of carboxylic acids is 2. The minimum atomic E-state index is -1.82. The van der Waals surface area contributed by atoms with Crippen molar-refractivity contribution < 1.29 is 29.3 Å². The summed E-state index contributed by atoms with van der Waals surface area (Å²) in [6.07, 6.45) is 0. The number of rotatable bonds is 6. The van der Waals surface area contributed by atoms with E-state index in [0.29, 0.717) is 0 Å². The van der Waals surface area contributed by atoms with Crippen molar-refractivity contribution in [1.29, 1.82) is 0 Å². The van der Waals surface area contributed by atoms with Crippen LogP contribution in [0.1, 0.15) is 11.1 Å². The summed E-state index contributed by atoms with van der Waals surface area (Å²) in [7, 11) is 3.45. The molecule has 2 aromatic carbocycles. The molecule has 1 saturated heterocycles. The predicted molar refractivity (Wildman–Crippen MR) is 120 cm³/mol. The first-order chi connectivity index (χ1) is 14.8. The first-order valence-corrected chi connectivity index (χ1v) is 10.5. The molecule has 0 amide bonds. The van der Waals surface area contributed by atoms with E-state index in [1.54, 1.807) is 14.2 Å². The van der Waals surface area contributed by atoms with E-state index in [2.05, 4.69) is 50.0 Å². The van der Waals surface area contributed by atoms with Crippen LogP contribution in [0, 0.1) is 0 Å². The van der Waals surface area contributed by atoms with Gasteiger partial charge in [-0.3, -0.25) is 9.80 Å². The van der Waals surface area contributed by atoms with E-state index in [1.807, 2.05) is 18.2 Å². The Kier molecular flexibility index (Phi) is 9.77. The van der Waals surface area contributed by atoms with E-state index >= 15 is 0 Å². The van der Waals surface area contributed by atoms with Crippen molar-refractivity contribution >= 4 is 27.9 Å². The molecule has 0 aliphatic carbocycles. The second-order valence-corrected chi connectivity index (χ2v) is 7.89. The number of nitrogens with zero attached hydrogens (tertiary/aromatic N) is 2. The number of carbonyl (C=O) groups is 2. The van der Waals surface area contributed by atoms with Gasteiger partial charge in [0, 0.05) is 49.3 Å². The van der Waals surface area contributed by atoms with Gasteiger partial charge in [0.25, 0.3) is 0 Å². The zero-order chi connectivity index (χ0) is 22.8. The zero-order valence-electron chi connectivity index (χ0n) is 17.6. The molecule has 168 valence electrons. The van der Waals surface area contributed by atoms with Crippen molar-refractivity contribution in [2.75, 3.05) is 40.4 Å². The quantitative estimate of drug-likeness (QED) is 0.591. The lowest BCUT2D eigenvalue weighted by Crippen LogP contribution is -2.45. The van der Waals surface area contributed by atoms with E-state index < -0.39 is 11.9 Å². The van der Waals surface area contributed by atoms with Gasteiger partial charge < -0.3 is 19.7 Å². The van der Waals surface area contributed by atoms with Crippen LogP contribution in [-0.4, -0.2) is 72.4 Å². The van der Waals surface area contributed by atoms with Crippen molar-refractivity contribution in [3.05, 3.63) is 58.1 Å². The Hall–Kier alpha value is -2.62. The predicted octanol–water partition coefficient (Wildman–Crippen LogP) is 2.94. The van der Waals surface area contributed by atoms with Crippen LogP contribution in [0.25, 0.3) is 0 Å². The van der Waals surface area contributed by atoms with Crippen molar-refractivity contribution in [2.24, 2.45) is 0 Å². The summed E-state index contributed by atoms with van der Waals surface area (Å²) in [4.78, 5) is 23.2. The first-order valence-electron chi connectivity index (χ1n) is 9.68. The Labute approximate surface area is 190 Å². The van der Waals surface area contributed by atoms with E-state index in [1.165, 1.54) is 11.1 Å². The smallest absolute Gasteiger partial charge is 0.414 e. The van der Waals surface area contributed by atoms with Gasteiger partial charge in [-0.2, -0.15) is 0 Å². The van der Waals surface area contributed by atoms with Gasteiger partial charge in [0.2, 0.25) is 0 Å². The molecular weight excluding hydrogens is 468 g/mol. The summed E-state index contributed by atoms with van der Waals surface area (Å²) >= 11 is 3.56. The molecule has 1 fully saturated rings. The molecule has 0 radical (unpaired) electrons.